The van der Waals surface area contributed by atoms with Crippen LogP contribution in [-0.4, -0.2) is 41.5 Å². The van der Waals surface area contributed by atoms with Gasteiger partial charge in [-0.3, -0.25) is 4.90 Å². The van der Waals surface area contributed by atoms with Gasteiger partial charge < -0.3 is 4.90 Å². The average Bonchev–Trinajstić information content (AvgIpc) is 2.80. The molecule has 0 spiro atoms. The highest BCUT2D eigenvalue weighted by Gasteiger charge is 2.39. The summed E-state index contributed by atoms with van der Waals surface area (Å²) in [5.74, 6) is 1.70. The van der Waals surface area contributed by atoms with Gasteiger partial charge in [0.15, 0.2) is 0 Å². The fourth-order valence-electron chi connectivity index (χ4n) is 6.42. The van der Waals surface area contributed by atoms with Crippen LogP contribution in [0.25, 0.3) is 0 Å². The lowest BCUT2D eigenvalue weighted by Gasteiger charge is -2.49. The number of hydrogen-bond acceptors (Lipinski definition) is 2. The average molecular weight is 587 g/mol. The van der Waals surface area contributed by atoms with Crippen molar-refractivity contribution in [3.05, 3.63) is 69.3 Å². The molecule has 176 valence electrons. The molecule has 0 amide bonds. The second kappa shape index (κ2) is 12.4. The Morgan fingerprint density at radius 1 is 0.812 bits per heavy atom. The third-order valence-corrected chi connectivity index (χ3v) is 8.68. The van der Waals surface area contributed by atoms with E-state index >= 15 is 0 Å². The van der Waals surface area contributed by atoms with E-state index in [2.05, 4.69) is 87.0 Å². The molecule has 0 radical (unpaired) electrons. The number of benzene rings is 2. The Morgan fingerprint density at radius 2 is 1.59 bits per heavy atom. The normalized spacial score (nSPS) is 27.1. The maximum atomic E-state index is 2.86. The number of hydrogen-bond donors (Lipinski definition) is 0. The minimum absolute atomic E-state index is 0. The second-order valence-electron chi connectivity index (χ2n) is 9.76. The molecule has 2 saturated heterocycles. The van der Waals surface area contributed by atoms with Crippen LogP contribution in [0.15, 0.2) is 54.6 Å². The van der Waals surface area contributed by atoms with Crippen LogP contribution < -0.4 is 0 Å². The van der Waals surface area contributed by atoms with Crippen LogP contribution in [0.1, 0.15) is 62.0 Å². The zero-order valence-electron chi connectivity index (χ0n) is 18.9. The molecule has 5 heteroatoms. The Morgan fingerprint density at radius 3 is 2.34 bits per heavy atom. The monoisotopic (exact) mass is 586 g/mol. The predicted octanol–water partition coefficient (Wildman–Crippen LogP) is 7.15. The Labute approximate surface area is 220 Å². The SMILES string of the molecule is Cl.Cl.Ic1cccc(CN2CCCC3CCC(N4CCC(c5ccccc5)CC4)CC32)c1. The summed E-state index contributed by atoms with van der Waals surface area (Å²) in [6, 6.07) is 21.9. The Kier molecular flexibility index (Phi) is 10.2. The van der Waals surface area contributed by atoms with Crippen molar-refractivity contribution in [2.45, 2.75) is 69.5 Å². The number of halogens is 3. The van der Waals surface area contributed by atoms with Crippen LogP contribution >= 0.6 is 47.4 Å². The molecule has 2 heterocycles. The van der Waals surface area contributed by atoms with Crippen LogP contribution in [0, 0.1) is 9.49 Å². The van der Waals surface area contributed by atoms with Gasteiger partial charge in [-0.05, 0) is 122 Å². The van der Waals surface area contributed by atoms with Gasteiger partial charge in [-0.2, -0.15) is 0 Å². The van der Waals surface area contributed by atoms with Crippen LogP contribution in [0.2, 0.25) is 0 Å². The van der Waals surface area contributed by atoms with Crippen molar-refractivity contribution in [3.63, 3.8) is 0 Å². The fourth-order valence-corrected chi connectivity index (χ4v) is 7.02. The lowest BCUT2D eigenvalue weighted by molar-refractivity contribution is 0.00805. The van der Waals surface area contributed by atoms with E-state index < -0.39 is 0 Å². The van der Waals surface area contributed by atoms with Gasteiger partial charge in [-0.1, -0.05) is 42.5 Å². The molecule has 0 N–H and O–H groups in total. The Bertz CT molecular complexity index is 825. The Hall–Kier alpha value is -0.330. The van der Waals surface area contributed by atoms with Gasteiger partial charge >= 0.3 is 0 Å². The van der Waals surface area contributed by atoms with Gasteiger partial charge in [-0.25, -0.2) is 0 Å². The molecular weight excluding hydrogens is 550 g/mol. The van der Waals surface area contributed by atoms with E-state index in [1.54, 1.807) is 5.56 Å². The van der Waals surface area contributed by atoms with Crippen molar-refractivity contribution in [2.24, 2.45) is 5.92 Å². The van der Waals surface area contributed by atoms with Gasteiger partial charge in [-0.15, -0.1) is 24.8 Å². The van der Waals surface area contributed by atoms with Crippen molar-refractivity contribution < 1.29 is 0 Å². The van der Waals surface area contributed by atoms with Crippen molar-refractivity contribution in [1.29, 1.82) is 0 Å². The smallest absolute Gasteiger partial charge is 0.0237 e. The van der Waals surface area contributed by atoms with E-state index in [4.69, 9.17) is 0 Å². The van der Waals surface area contributed by atoms with E-state index in [1.807, 2.05) is 0 Å². The van der Waals surface area contributed by atoms with Crippen molar-refractivity contribution in [2.75, 3.05) is 19.6 Å². The van der Waals surface area contributed by atoms with E-state index in [-0.39, 0.29) is 24.8 Å². The molecule has 2 aromatic rings. The third-order valence-electron chi connectivity index (χ3n) is 8.01. The summed E-state index contributed by atoms with van der Waals surface area (Å²) in [4.78, 5) is 5.69. The minimum Gasteiger partial charge on any atom is -0.300 e. The summed E-state index contributed by atoms with van der Waals surface area (Å²) in [6.45, 7) is 5.01. The highest BCUT2D eigenvalue weighted by molar-refractivity contribution is 14.1. The summed E-state index contributed by atoms with van der Waals surface area (Å²) in [6.07, 6.45) is 9.77. The first kappa shape index (κ1) is 26.3. The minimum atomic E-state index is 0. The van der Waals surface area contributed by atoms with Gasteiger partial charge in [0.1, 0.15) is 0 Å². The third kappa shape index (κ3) is 6.21. The summed E-state index contributed by atoms with van der Waals surface area (Å²) in [7, 11) is 0. The topological polar surface area (TPSA) is 6.48 Å². The molecule has 3 atom stereocenters. The first-order valence-corrected chi connectivity index (χ1v) is 13.1. The quantitative estimate of drug-likeness (QED) is 0.351. The fraction of sp³-hybridized carbons (Fsp3) is 0.556. The molecule has 0 aromatic heterocycles. The van der Waals surface area contributed by atoms with Crippen molar-refractivity contribution in [1.82, 2.24) is 9.80 Å². The molecule has 2 aliphatic heterocycles. The summed E-state index contributed by atoms with van der Waals surface area (Å²) >= 11 is 2.45. The molecular formula is C27H37Cl2IN2. The number of piperidine rings is 2. The predicted molar refractivity (Wildman–Crippen MR) is 148 cm³/mol. The van der Waals surface area contributed by atoms with Crippen molar-refractivity contribution >= 4 is 47.4 Å². The summed E-state index contributed by atoms with van der Waals surface area (Å²) in [5, 5.41) is 0. The summed E-state index contributed by atoms with van der Waals surface area (Å²) < 4.78 is 1.36. The molecule has 32 heavy (non-hydrogen) atoms. The van der Waals surface area contributed by atoms with Crippen LogP contribution in [0.5, 0.6) is 0 Å². The number of rotatable bonds is 4. The lowest BCUT2D eigenvalue weighted by atomic mass is 9.75. The van der Waals surface area contributed by atoms with Gasteiger partial charge in [0.05, 0.1) is 0 Å². The van der Waals surface area contributed by atoms with Crippen LogP contribution in [-0.2, 0) is 6.54 Å². The maximum Gasteiger partial charge on any atom is 0.0237 e. The first-order chi connectivity index (χ1) is 14.8. The van der Waals surface area contributed by atoms with E-state index in [0.717, 1.165) is 30.5 Å². The largest absolute Gasteiger partial charge is 0.300 e. The van der Waals surface area contributed by atoms with E-state index in [9.17, 15) is 0 Å². The van der Waals surface area contributed by atoms with Gasteiger partial charge in [0.25, 0.3) is 0 Å². The number of nitrogens with zero attached hydrogens (tertiary/aromatic N) is 2. The van der Waals surface area contributed by atoms with Crippen LogP contribution in [0.4, 0.5) is 0 Å². The van der Waals surface area contributed by atoms with E-state index in [1.165, 1.54) is 73.7 Å². The van der Waals surface area contributed by atoms with Gasteiger partial charge in [0, 0.05) is 22.2 Å². The molecule has 3 unspecified atom stereocenters. The summed E-state index contributed by atoms with van der Waals surface area (Å²) in [5.41, 5.74) is 3.05. The number of fused-ring (bicyclic) bond motifs is 1. The molecule has 2 aromatic carbocycles. The maximum absolute atomic E-state index is 2.86. The standard InChI is InChI=1S/C27H35IN2.2ClH/c28-25-10-4-6-21(18-25)20-30-15-5-9-24-11-12-26(19-27(24)30)29-16-13-23(14-17-29)22-7-2-1-3-8-22;;/h1-4,6-8,10,18,23-24,26-27H,5,9,11-17,19-20H2;2*1H. The zero-order chi connectivity index (χ0) is 20.3. The molecule has 1 saturated carbocycles. The lowest BCUT2D eigenvalue weighted by Crippen LogP contribution is -2.53. The van der Waals surface area contributed by atoms with Gasteiger partial charge in [0.2, 0.25) is 0 Å². The molecule has 1 aliphatic carbocycles. The molecule has 3 fully saturated rings. The van der Waals surface area contributed by atoms with Crippen LogP contribution in [0.3, 0.4) is 0 Å². The highest BCUT2D eigenvalue weighted by Crippen LogP contribution is 2.39. The molecule has 5 rings (SSSR count). The van der Waals surface area contributed by atoms with E-state index in [0.29, 0.717) is 0 Å². The van der Waals surface area contributed by atoms with Crippen molar-refractivity contribution in [3.8, 4) is 0 Å². The highest BCUT2D eigenvalue weighted by atomic mass is 127. The number of likely N-dealkylation sites (tertiary alicyclic amines) is 2. The Balaban J connectivity index is 0.00000144. The molecule has 3 aliphatic rings. The molecule has 2 nitrogen and oxygen atoms in total. The second-order valence-corrected chi connectivity index (χ2v) is 11.0. The first-order valence-electron chi connectivity index (χ1n) is 12.0. The zero-order valence-corrected chi connectivity index (χ0v) is 22.7. The molecule has 0 bridgehead atoms.